The lowest BCUT2D eigenvalue weighted by Gasteiger charge is -2.23. The van der Waals surface area contributed by atoms with Gasteiger partial charge in [0.15, 0.2) is 0 Å². The number of hydrogen-bond acceptors (Lipinski definition) is 4. The number of nitrogens with zero attached hydrogens (tertiary/aromatic N) is 3. The monoisotopic (exact) mass is 363 g/mol. The fourth-order valence-electron chi connectivity index (χ4n) is 3.26. The van der Waals surface area contributed by atoms with Gasteiger partial charge < -0.3 is 9.72 Å². The van der Waals surface area contributed by atoms with E-state index >= 15 is 0 Å². The number of ether oxygens (including phenoxy) is 1. The van der Waals surface area contributed by atoms with E-state index in [0.717, 1.165) is 22.3 Å². The van der Waals surface area contributed by atoms with Gasteiger partial charge in [-0.2, -0.15) is 0 Å². The van der Waals surface area contributed by atoms with E-state index in [4.69, 9.17) is 4.74 Å². The van der Waals surface area contributed by atoms with Gasteiger partial charge in [-0.15, -0.1) is 0 Å². The molecule has 2 N–H and O–H groups in total. The number of benzene rings is 2. The molecule has 27 heavy (non-hydrogen) atoms. The molecule has 1 aliphatic heterocycles. The van der Waals surface area contributed by atoms with E-state index in [1.807, 2.05) is 49.4 Å². The van der Waals surface area contributed by atoms with E-state index in [9.17, 15) is 4.79 Å². The number of amidine groups is 1. The molecule has 4 rings (SSSR count). The zero-order valence-electron chi connectivity index (χ0n) is 15.3. The van der Waals surface area contributed by atoms with Gasteiger partial charge in [-0.1, -0.05) is 29.8 Å². The van der Waals surface area contributed by atoms with Crippen LogP contribution in [0.25, 0.3) is 11.0 Å². The van der Waals surface area contributed by atoms with Crippen LogP contribution >= 0.6 is 0 Å². The van der Waals surface area contributed by atoms with Crippen LogP contribution in [0.5, 0.6) is 0 Å². The lowest BCUT2D eigenvalue weighted by molar-refractivity contribution is 0.208. The number of amides is 2. The van der Waals surface area contributed by atoms with Crippen molar-refractivity contribution in [2.24, 2.45) is 4.99 Å². The van der Waals surface area contributed by atoms with Crippen molar-refractivity contribution in [1.29, 1.82) is 0 Å². The number of fused-ring (bicyclic) bond motifs is 1. The summed E-state index contributed by atoms with van der Waals surface area (Å²) in [6, 6.07) is 13.4. The Morgan fingerprint density at radius 3 is 2.81 bits per heavy atom. The predicted octanol–water partition coefficient (Wildman–Crippen LogP) is 3.19. The average molecular weight is 363 g/mol. The second kappa shape index (κ2) is 7.20. The smallest absolute Gasteiger partial charge is 0.328 e. The number of aliphatic imine (C=N–C) groups is 1. The first-order chi connectivity index (χ1) is 13.2. The number of aryl methyl sites for hydroxylation is 1. The first-order valence-corrected chi connectivity index (χ1v) is 8.80. The summed E-state index contributed by atoms with van der Waals surface area (Å²) in [6.07, 6.45) is 1.65. The fraction of sp³-hybridized carbons (Fsp3) is 0.250. The Hall–Kier alpha value is -3.19. The first kappa shape index (κ1) is 17.2. The molecule has 1 unspecified atom stereocenters. The molecule has 1 fully saturated rings. The quantitative estimate of drug-likeness (QED) is 0.683. The normalized spacial score (nSPS) is 18.4. The SMILES string of the molecule is COCCN=C1NC(=O)N(c2ccc3nc[nH]c3c2)C1c1ccc(C)cc1. The molecule has 2 amide bonds. The molecule has 0 aliphatic carbocycles. The number of carbonyl (C=O) groups is 1. The van der Waals surface area contributed by atoms with Gasteiger partial charge in [0.25, 0.3) is 0 Å². The number of H-pyrrole nitrogens is 1. The van der Waals surface area contributed by atoms with E-state index in [-0.39, 0.29) is 12.1 Å². The highest BCUT2D eigenvalue weighted by Crippen LogP contribution is 2.33. The molecule has 1 aliphatic rings. The number of methoxy groups -OCH3 is 1. The first-order valence-electron chi connectivity index (χ1n) is 8.80. The second-order valence-corrected chi connectivity index (χ2v) is 6.48. The van der Waals surface area contributed by atoms with Gasteiger partial charge in [0.1, 0.15) is 11.9 Å². The van der Waals surface area contributed by atoms with Gasteiger partial charge in [0.05, 0.1) is 30.5 Å². The highest BCUT2D eigenvalue weighted by Gasteiger charge is 2.38. The maximum atomic E-state index is 12.8. The van der Waals surface area contributed by atoms with Crippen LogP contribution < -0.4 is 10.2 Å². The molecule has 0 radical (unpaired) electrons. The molecule has 0 spiro atoms. The van der Waals surface area contributed by atoms with Crippen molar-refractivity contribution in [3.63, 3.8) is 0 Å². The van der Waals surface area contributed by atoms with Crippen molar-refractivity contribution >= 4 is 28.6 Å². The molecule has 2 heterocycles. The number of anilines is 1. The largest absolute Gasteiger partial charge is 0.383 e. The Labute approximate surface area is 157 Å². The van der Waals surface area contributed by atoms with E-state index in [1.54, 1.807) is 18.3 Å². The Bertz CT molecular complexity index is 993. The lowest BCUT2D eigenvalue weighted by Crippen LogP contribution is -2.29. The van der Waals surface area contributed by atoms with Crippen LogP contribution in [-0.2, 0) is 4.74 Å². The summed E-state index contributed by atoms with van der Waals surface area (Å²) < 4.78 is 5.09. The number of aromatic amines is 1. The minimum atomic E-state index is -0.310. The summed E-state index contributed by atoms with van der Waals surface area (Å²) in [5.74, 6) is 0.630. The van der Waals surface area contributed by atoms with Crippen molar-refractivity contribution in [2.45, 2.75) is 13.0 Å². The summed E-state index contributed by atoms with van der Waals surface area (Å²) in [6.45, 7) is 3.03. The number of imidazole rings is 1. The van der Waals surface area contributed by atoms with Gasteiger partial charge in [0.2, 0.25) is 0 Å². The number of hydrogen-bond donors (Lipinski definition) is 2. The van der Waals surface area contributed by atoms with Crippen molar-refractivity contribution in [3.05, 3.63) is 59.9 Å². The van der Waals surface area contributed by atoms with Crippen LogP contribution in [0.3, 0.4) is 0 Å². The van der Waals surface area contributed by atoms with Crippen LogP contribution in [-0.4, -0.2) is 42.1 Å². The minimum Gasteiger partial charge on any atom is -0.383 e. The third-order valence-corrected chi connectivity index (χ3v) is 4.62. The van der Waals surface area contributed by atoms with Crippen molar-refractivity contribution in [1.82, 2.24) is 15.3 Å². The van der Waals surface area contributed by atoms with Crippen molar-refractivity contribution in [2.75, 3.05) is 25.2 Å². The van der Waals surface area contributed by atoms with E-state index in [2.05, 4.69) is 20.3 Å². The minimum absolute atomic E-state index is 0.199. The number of aromatic nitrogens is 2. The van der Waals surface area contributed by atoms with Gasteiger partial charge in [0, 0.05) is 12.8 Å². The Morgan fingerprint density at radius 2 is 2.04 bits per heavy atom. The molecular formula is C20H21N5O2. The lowest BCUT2D eigenvalue weighted by atomic mass is 10.0. The van der Waals surface area contributed by atoms with Gasteiger partial charge in [-0.25, -0.2) is 9.78 Å². The van der Waals surface area contributed by atoms with E-state index in [0.29, 0.717) is 19.0 Å². The number of nitrogens with one attached hydrogen (secondary N) is 2. The standard InChI is InChI=1S/C20H21N5O2/c1-13-3-5-14(6-4-13)18-19(21-9-10-27-2)24-20(26)25(18)15-7-8-16-17(11-15)23-12-22-16/h3-8,11-12,18H,9-10H2,1-2H3,(H,22,23)(H,21,24,26). The molecule has 2 aromatic carbocycles. The average Bonchev–Trinajstić information content (AvgIpc) is 3.26. The third-order valence-electron chi connectivity index (χ3n) is 4.62. The molecule has 1 aromatic heterocycles. The van der Waals surface area contributed by atoms with Crippen LogP contribution in [0.4, 0.5) is 10.5 Å². The topological polar surface area (TPSA) is 82.6 Å². The predicted molar refractivity (Wildman–Crippen MR) is 105 cm³/mol. The number of urea groups is 1. The summed E-state index contributed by atoms with van der Waals surface area (Å²) in [4.78, 5) is 26.5. The van der Waals surface area contributed by atoms with Gasteiger partial charge in [-0.05, 0) is 30.7 Å². The maximum Gasteiger partial charge on any atom is 0.328 e. The zero-order chi connectivity index (χ0) is 18.8. The maximum absolute atomic E-state index is 12.8. The molecule has 7 nitrogen and oxygen atoms in total. The zero-order valence-corrected chi connectivity index (χ0v) is 15.3. The molecule has 1 atom stereocenters. The summed E-state index contributed by atoms with van der Waals surface area (Å²) in [7, 11) is 1.64. The van der Waals surface area contributed by atoms with Crippen LogP contribution in [0.1, 0.15) is 17.2 Å². The molecule has 7 heteroatoms. The van der Waals surface area contributed by atoms with Crippen LogP contribution in [0, 0.1) is 6.92 Å². The summed E-state index contributed by atoms with van der Waals surface area (Å²) in [5, 5.41) is 2.92. The molecule has 0 bridgehead atoms. The second-order valence-electron chi connectivity index (χ2n) is 6.48. The highest BCUT2D eigenvalue weighted by molar-refractivity contribution is 6.16. The highest BCUT2D eigenvalue weighted by atomic mass is 16.5. The van der Waals surface area contributed by atoms with E-state index in [1.165, 1.54) is 5.56 Å². The Kier molecular flexibility index (Phi) is 4.60. The van der Waals surface area contributed by atoms with Crippen LogP contribution in [0.2, 0.25) is 0 Å². The molecule has 1 saturated heterocycles. The molecular weight excluding hydrogens is 342 g/mol. The fourth-order valence-corrected chi connectivity index (χ4v) is 3.26. The van der Waals surface area contributed by atoms with E-state index < -0.39 is 0 Å². The Balaban J connectivity index is 1.78. The molecule has 3 aromatic rings. The van der Waals surface area contributed by atoms with Crippen molar-refractivity contribution < 1.29 is 9.53 Å². The number of rotatable bonds is 5. The molecule has 138 valence electrons. The Morgan fingerprint density at radius 1 is 1.22 bits per heavy atom. The number of carbonyl (C=O) groups excluding carboxylic acids is 1. The van der Waals surface area contributed by atoms with Gasteiger partial charge >= 0.3 is 6.03 Å². The van der Waals surface area contributed by atoms with Crippen LogP contribution in [0.15, 0.2) is 53.8 Å². The summed E-state index contributed by atoms with van der Waals surface area (Å²) in [5.41, 5.74) is 4.69. The summed E-state index contributed by atoms with van der Waals surface area (Å²) >= 11 is 0. The molecule has 0 saturated carbocycles. The van der Waals surface area contributed by atoms with Gasteiger partial charge in [-0.3, -0.25) is 15.2 Å². The third kappa shape index (κ3) is 3.29. The van der Waals surface area contributed by atoms with Crippen molar-refractivity contribution in [3.8, 4) is 0 Å².